The summed E-state index contributed by atoms with van der Waals surface area (Å²) in [4.78, 5) is 3.77. The Hall–Kier alpha value is -2.27. The monoisotopic (exact) mass is 187 g/mol. The van der Waals surface area contributed by atoms with Gasteiger partial charge in [0.2, 0.25) is 5.95 Å². The van der Waals surface area contributed by atoms with E-state index in [0.29, 0.717) is 6.54 Å². The molecule has 5 nitrogen and oxygen atoms in total. The van der Waals surface area contributed by atoms with Gasteiger partial charge in [-0.05, 0) is 6.92 Å². The molecule has 14 heavy (non-hydrogen) atoms. The van der Waals surface area contributed by atoms with E-state index < -0.39 is 0 Å². The number of hydrogen-bond acceptors (Lipinski definition) is 4. The average molecular weight is 187 g/mol. The maximum atomic E-state index is 8.81. The number of aromatic nitrogens is 2. The number of nitrogens with zero attached hydrogens (tertiary/aromatic N) is 4. The molecule has 1 aromatic rings. The van der Waals surface area contributed by atoms with Crippen molar-refractivity contribution < 1.29 is 0 Å². The summed E-state index contributed by atoms with van der Waals surface area (Å²) < 4.78 is 1.47. The number of rotatable bonds is 2. The molecule has 0 aliphatic heterocycles. The van der Waals surface area contributed by atoms with Crippen LogP contribution in [-0.2, 0) is 6.54 Å². The molecule has 2 N–H and O–H groups in total. The van der Waals surface area contributed by atoms with E-state index >= 15 is 0 Å². The second kappa shape index (κ2) is 3.63. The van der Waals surface area contributed by atoms with Crippen LogP contribution < -0.4 is 5.73 Å². The molecule has 0 unspecified atom stereocenters. The Balaban J connectivity index is 3.30. The van der Waals surface area contributed by atoms with Crippen molar-refractivity contribution in [1.29, 1.82) is 10.5 Å². The fourth-order valence-corrected chi connectivity index (χ4v) is 1.09. The van der Waals surface area contributed by atoms with Crippen LogP contribution in [0.4, 0.5) is 5.95 Å². The number of nitrogen functional groups attached to an aromatic ring is 1. The topological polar surface area (TPSA) is 91.4 Å². The fraction of sp³-hybridized carbons (Fsp3) is 0.222. The van der Waals surface area contributed by atoms with Gasteiger partial charge < -0.3 is 5.73 Å². The summed E-state index contributed by atoms with van der Waals surface area (Å²) in [5.74, 6) is 0.168. The van der Waals surface area contributed by atoms with Gasteiger partial charge in [-0.2, -0.15) is 10.5 Å². The van der Waals surface area contributed by atoms with E-state index in [9.17, 15) is 0 Å². The molecule has 1 heterocycles. The lowest BCUT2D eigenvalue weighted by Crippen LogP contribution is -2.06. The third kappa shape index (κ3) is 1.57. The first-order valence-corrected chi connectivity index (χ1v) is 3.90. The van der Waals surface area contributed by atoms with Crippen molar-refractivity contribution >= 4 is 5.95 Å². The molecule has 0 amide bonds. The first-order valence-electron chi connectivity index (χ1n) is 3.90. The lowest BCUT2D eigenvalue weighted by Gasteiger charge is -2.04. The van der Waals surface area contributed by atoms with Crippen molar-refractivity contribution in [2.75, 3.05) is 5.73 Å². The summed E-state index contributed by atoms with van der Waals surface area (Å²) in [6, 6.07) is 3.72. The van der Waals surface area contributed by atoms with E-state index in [2.05, 4.69) is 11.6 Å². The minimum absolute atomic E-state index is 0.0613. The zero-order valence-corrected chi connectivity index (χ0v) is 7.78. The molecule has 70 valence electrons. The summed E-state index contributed by atoms with van der Waals surface area (Å²) >= 11 is 0. The van der Waals surface area contributed by atoms with Crippen LogP contribution in [-0.4, -0.2) is 9.55 Å². The Kier molecular flexibility index (Phi) is 2.54. The molecule has 0 aromatic carbocycles. The summed E-state index contributed by atoms with van der Waals surface area (Å²) in [6.45, 7) is 5.92. The van der Waals surface area contributed by atoms with Crippen LogP contribution in [0.3, 0.4) is 0 Å². The smallest absolute Gasteiger partial charge is 0.202 e. The molecule has 0 saturated carbocycles. The second-order valence-corrected chi connectivity index (χ2v) is 2.93. The van der Waals surface area contributed by atoms with E-state index in [1.54, 1.807) is 0 Å². The van der Waals surface area contributed by atoms with Crippen LogP contribution in [0.15, 0.2) is 12.2 Å². The standard InChI is InChI=1S/C9H9N5/c1-6(2)5-14-8(4-11)7(3-10)13-9(14)12/h1,5H2,2H3,(H2,12,13). The second-order valence-electron chi connectivity index (χ2n) is 2.93. The van der Waals surface area contributed by atoms with Gasteiger partial charge in [0.1, 0.15) is 12.1 Å². The molecule has 1 rings (SSSR count). The van der Waals surface area contributed by atoms with Crippen molar-refractivity contribution in [1.82, 2.24) is 9.55 Å². The quantitative estimate of drug-likeness (QED) is 0.692. The van der Waals surface area contributed by atoms with Gasteiger partial charge >= 0.3 is 0 Å². The first-order chi connectivity index (χ1) is 6.60. The summed E-state index contributed by atoms with van der Waals surface area (Å²) in [7, 11) is 0. The number of nitrogens with two attached hydrogens (primary N) is 1. The highest BCUT2D eigenvalue weighted by Gasteiger charge is 2.14. The Morgan fingerprint density at radius 2 is 2.21 bits per heavy atom. The van der Waals surface area contributed by atoms with Gasteiger partial charge in [-0.3, -0.25) is 4.57 Å². The molecule has 5 heteroatoms. The van der Waals surface area contributed by atoms with Crippen molar-refractivity contribution in [2.24, 2.45) is 0 Å². The number of hydrogen-bond donors (Lipinski definition) is 1. The van der Waals surface area contributed by atoms with Crippen LogP contribution >= 0.6 is 0 Å². The van der Waals surface area contributed by atoms with E-state index in [1.807, 2.05) is 19.1 Å². The van der Waals surface area contributed by atoms with Crippen LogP contribution in [0.2, 0.25) is 0 Å². The molecule has 0 aliphatic carbocycles. The normalized spacial score (nSPS) is 9.07. The Bertz CT molecular complexity index is 455. The lowest BCUT2D eigenvalue weighted by atomic mass is 10.3. The predicted molar refractivity (Wildman–Crippen MR) is 50.9 cm³/mol. The van der Waals surface area contributed by atoms with E-state index in [-0.39, 0.29) is 17.3 Å². The Labute approximate surface area is 81.7 Å². The van der Waals surface area contributed by atoms with Gasteiger partial charge in [0.25, 0.3) is 0 Å². The van der Waals surface area contributed by atoms with Crippen molar-refractivity contribution in [3.8, 4) is 12.1 Å². The third-order valence-electron chi connectivity index (χ3n) is 1.64. The van der Waals surface area contributed by atoms with Gasteiger partial charge in [-0.25, -0.2) is 4.98 Å². The van der Waals surface area contributed by atoms with Crippen LogP contribution in [0.1, 0.15) is 18.3 Å². The fourth-order valence-electron chi connectivity index (χ4n) is 1.09. The number of anilines is 1. The van der Waals surface area contributed by atoms with E-state index in [0.717, 1.165) is 5.57 Å². The highest BCUT2D eigenvalue weighted by Crippen LogP contribution is 2.13. The zero-order valence-electron chi connectivity index (χ0n) is 7.78. The average Bonchev–Trinajstić information content (AvgIpc) is 2.42. The Morgan fingerprint density at radius 3 is 2.64 bits per heavy atom. The zero-order chi connectivity index (χ0) is 10.7. The van der Waals surface area contributed by atoms with Crippen molar-refractivity contribution in [3.63, 3.8) is 0 Å². The van der Waals surface area contributed by atoms with Gasteiger partial charge in [0, 0.05) is 6.54 Å². The van der Waals surface area contributed by atoms with Gasteiger partial charge in [0.05, 0.1) is 0 Å². The maximum absolute atomic E-state index is 8.81. The molecule has 0 atom stereocenters. The van der Waals surface area contributed by atoms with Crippen molar-refractivity contribution in [3.05, 3.63) is 23.5 Å². The molecule has 1 aromatic heterocycles. The highest BCUT2D eigenvalue weighted by molar-refractivity contribution is 5.43. The number of nitriles is 2. The largest absolute Gasteiger partial charge is 0.369 e. The molecular weight excluding hydrogens is 178 g/mol. The van der Waals surface area contributed by atoms with Gasteiger partial charge in [-0.15, -0.1) is 0 Å². The lowest BCUT2D eigenvalue weighted by molar-refractivity contribution is 0.786. The van der Waals surface area contributed by atoms with Crippen LogP contribution in [0.5, 0.6) is 0 Å². The van der Waals surface area contributed by atoms with Gasteiger partial charge in [-0.1, -0.05) is 12.2 Å². The molecule has 0 spiro atoms. The van der Waals surface area contributed by atoms with Crippen LogP contribution in [0, 0.1) is 22.7 Å². The number of allylic oxidation sites excluding steroid dienone is 1. The third-order valence-corrected chi connectivity index (χ3v) is 1.64. The number of imidazole rings is 1. The molecule has 0 bridgehead atoms. The van der Waals surface area contributed by atoms with Gasteiger partial charge in [0.15, 0.2) is 11.4 Å². The summed E-state index contributed by atoms with van der Waals surface area (Å²) in [6.07, 6.45) is 0. The molecular formula is C9H9N5. The molecule has 0 radical (unpaired) electrons. The maximum Gasteiger partial charge on any atom is 0.202 e. The van der Waals surface area contributed by atoms with Crippen LogP contribution in [0.25, 0.3) is 0 Å². The SMILES string of the molecule is C=C(C)Cn1c(N)nc(C#N)c1C#N. The minimum Gasteiger partial charge on any atom is -0.369 e. The first kappa shape index (κ1) is 9.82. The minimum atomic E-state index is 0.0613. The Morgan fingerprint density at radius 1 is 1.57 bits per heavy atom. The highest BCUT2D eigenvalue weighted by atomic mass is 15.2. The van der Waals surface area contributed by atoms with E-state index in [1.165, 1.54) is 4.57 Å². The summed E-state index contributed by atoms with van der Waals surface area (Å²) in [5.41, 5.74) is 6.64. The molecule has 0 aliphatic rings. The summed E-state index contributed by atoms with van der Waals surface area (Å²) in [5, 5.41) is 17.5. The van der Waals surface area contributed by atoms with Crippen molar-refractivity contribution in [2.45, 2.75) is 13.5 Å². The molecule has 0 saturated heterocycles. The van der Waals surface area contributed by atoms with E-state index in [4.69, 9.17) is 16.3 Å². The predicted octanol–water partition coefficient (Wildman–Crippen LogP) is 0.785. The molecule has 0 fully saturated rings.